The molecule has 0 aliphatic rings. The van der Waals surface area contributed by atoms with Crippen LogP contribution in [0.4, 0.5) is 0 Å². The molecule has 0 aromatic rings. The highest BCUT2D eigenvalue weighted by molar-refractivity contribution is 9.09. The molecule has 16 heavy (non-hydrogen) atoms. The summed E-state index contributed by atoms with van der Waals surface area (Å²) in [7, 11) is 0. The summed E-state index contributed by atoms with van der Waals surface area (Å²) in [4.78, 5) is 0. The molecule has 0 bridgehead atoms. The molecule has 0 aromatic carbocycles. The maximum atomic E-state index is 5.78. The largest absolute Gasteiger partial charge is 0.352 e. The Morgan fingerprint density at radius 3 is 2.50 bits per heavy atom. The summed E-state index contributed by atoms with van der Waals surface area (Å²) in [6.07, 6.45) is 7.93. The van der Waals surface area contributed by atoms with Gasteiger partial charge in [0.05, 0.1) is 11.4 Å². The van der Waals surface area contributed by atoms with Crippen molar-refractivity contribution in [1.29, 1.82) is 0 Å². The van der Waals surface area contributed by atoms with Gasteiger partial charge in [-0.05, 0) is 13.3 Å². The van der Waals surface area contributed by atoms with Gasteiger partial charge in [0.25, 0.3) is 0 Å². The molecular weight excluding hydrogens is 268 g/mol. The van der Waals surface area contributed by atoms with E-state index in [0.29, 0.717) is 11.9 Å². The normalized spacial score (nSPS) is 14.7. The number of unbranched alkanes of at least 4 members (excludes halogenated alkanes) is 3. The minimum atomic E-state index is -0.154. The molecule has 0 aliphatic heterocycles. The van der Waals surface area contributed by atoms with Crippen molar-refractivity contribution in [2.75, 3.05) is 11.9 Å². The van der Waals surface area contributed by atoms with E-state index >= 15 is 0 Å². The molecule has 2 unspecified atom stereocenters. The Bertz CT molecular complexity index is 162. The van der Waals surface area contributed by atoms with Gasteiger partial charge in [-0.1, -0.05) is 54.6 Å². The zero-order valence-corrected chi connectivity index (χ0v) is 12.2. The van der Waals surface area contributed by atoms with Gasteiger partial charge in [-0.15, -0.1) is 6.58 Å². The number of rotatable bonds is 11. The van der Waals surface area contributed by atoms with Crippen LogP contribution in [-0.4, -0.2) is 24.3 Å². The number of alkyl halides is 1. The van der Waals surface area contributed by atoms with Crippen molar-refractivity contribution in [3.63, 3.8) is 0 Å². The average Bonchev–Trinajstić information content (AvgIpc) is 2.31. The van der Waals surface area contributed by atoms with Gasteiger partial charge < -0.3 is 9.47 Å². The Hall–Kier alpha value is 0.140. The van der Waals surface area contributed by atoms with E-state index < -0.39 is 0 Å². The second-order valence-corrected chi connectivity index (χ2v) is 4.45. The average molecular weight is 293 g/mol. The summed E-state index contributed by atoms with van der Waals surface area (Å²) in [6, 6.07) is 0. The molecule has 0 spiro atoms. The summed E-state index contributed by atoms with van der Waals surface area (Å²) in [6.45, 7) is 8.68. The van der Waals surface area contributed by atoms with Crippen LogP contribution in [0.5, 0.6) is 0 Å². The van der Waals surface area contributed by atoms with Crippen molar-refractivity contribution in [1.82, 2.24) is 0 Å². The summed E-state index contributed by atoms with van der Waals surface area (Å²) in [5, 5.41) is 0.708. The van der Waals surface area contributed by atoms with Crippen LogP contribution in [0.25, 0.3) is 0 Å². The zero-order valence-electron chi connectivity index (χ0n) is 10.6. The van der Waals surface area contributed by atoms with E-state index in [0.717, 1.165) is 6.42 Å². The van der Waals surface area contributed by atoms with Gasteiger partial charge in [0.1, 0.15) is 0 Å². The molecule has 0 amide bonds. The maximum Gasteiger partial charge on any atom is 0.167 e. The van der Waals surface area contributed by atoms with Crippen LogP contribution in [0.2, 0.25) is 0 Å². The van der Waals surface area contributed by atoms with Gasteiger partial charge in [0.15, 0.2) is 6.29 Å². The fourth-order valence-electron chi connectivity index (χ4n) is 1.51. The van der Waals surface area contributed by atoms with Gasteiger partial charge in [-0.3, -0.25) is 0 Å². The van der Waals surface area contributed by atoms with E-state index in [1.54, 1.807) is 0 Å². The minimum Gasteiger partial charge on any atom is -0.352 e. The monoisotopic (exact) mass is 292 g/mol. The van der Waals surface area contributed by atoms with Crippen LogP contribution in [-0.2, 0) is 9.47 Å². The molecule has 0 fully saturated rings. The van der Waals surface area contributed by atoms with Crippen molar-refractivity contribution in [3.8, 4) is 0 Å². The zero-order chi connectivity index (χ0) is 12.2. The molecule has 0 rings (SSSR count). The van der Waals surface area contributed by atoms with Crippen LogP contribution in [0.1, 0.15) is 46.0 Å². The Labute approximate surface area is 109 Å². The Kier molecular flexibility index (Phi) is 11.7. The van der Waals surface area contributed by atoms with Gasteiger partial charge in [-0.25, -0.2) is 0 Å². The topological polar surface area (TPSA) is 18.5 Å². The molecule has 0 aromatic heterocycles. The lowest BCUT2D eigenvalue weighted by atomic mass is 10.1. The van der Waals surface area contributed by atoms with Crippen LogP contribution in [0.3, 0.4) is 0 Å². The molecule has 96 valence electrons. The van der Waals surface area contributed by atoms with Crippen LogP contribution >= 0.6 is 15.9 Å². The summed E-state index contributed by atoms with van der Waals surface area (Å²) in [5.74, 6) is 0. The Balaban J connectivity index is 3.74. The molecule has 0 aliphatic carbocycles. The van der Waals surface area contributed by atoms with E-state index in [2.05, 4.69) is 29.4 Å². The van der Waals surface area contributed by atoms with Gasteiger partial charge in [0.2, 0.25) is 0 Å². The standard InChI is InChI=1S/C13H25BrO2/c1-4-7-8-9-10-12(5-2)16-13(11-14)15-6-3/h5,12-13H,2,4,6-11H2,1,3H3. The highest BCUT2D eigenvalue weighted by Gasteiger charge is 2.12. The fourth-order valence-corrected chi connectivity index (χ4v) is 1.85. The summed E-state index contributed by atoms with van der Waals surface area (Å²) in [5.41, 5.74) is 0. The van der Waals surface area contributed by atoms with Gasteiger partial charge in [-0.2, -0.15) is 0 Å². The third kappa shape index (κ3) is 8.31. The highest BCUT2D eigenvalue weighted by Crippen LogP contribution is 2.12. The SMILES string of the molecule is C=CC(CCCCCC)OC(CBr)OCC. The number of halogens is 1. The lowest BCUT2D eigenvalue weighted by Crippen LogP contribution is -2.25. The fraction of sp³-hybridized carbons (Fsp3) is 0.846. The quantitative estimate of drug-likeness (QED) is 0.245. The summed E-state index contributed by atoms with van der Waals surface area (Å²) >= 11 is 3.38. The molecular formula is C13H25BrO2. The van der Waals surface area contributed by atoms with E-state index in [1.165, 1.54) is 25.7 Å². The van der Waals surface area contributed by atoms with Crippen molar-refractivity contribution in [3.05, 3.63) is 12.7 Å². The second-order valence-electron chi connectivity index (χ2n) is 3.80. The Morgan fingerprint density at radius 2 is 2.00 bits per heavy atom. The van der Waals surface area contributed by atoms with Crippen molar-refractivity contribution >= 4 is 15.9 Å². The third-order valence-electron chi connectivity index (χ3n) is 2.41. The first kappa shape index (κ1) is 16.1. The lowest BCUT2D eigenvalue weighted by Gasteiger charge is -2.21. The lowest BCUT2D eigenvalue weighted by molar-refractivity contribution is -0.143. The smallest absolute Gasteiger partial charge is 0.167 e. The van der Waals surface area contributed by atoms with E-state index in [4.69, 9.17) is 9.47 Å². The van der Waals surface area contributed by atoms with Crippen molar-refractivity contribution < 1.29 is 9.47 Å². The first-order valence-electron chi connectivity index (χ1n) is 6.24. The van der Waals surface area contributed by atoms with Crippen molar-refractivity contribution in [2.45, 2.75) is 58.3 Å². The Morgan fingerprint density at radius 1 is 1.25 bits per heavy atom. The van der Waals surface area contributed by atoms with E-state index in [-0.39, 0.29) is 12.4 Å². The predicted molar refractivity (Wildman–Crippen MR) is 73.0 cm³/mol. The van der Waals surface area contributed by atoms with Gasteiger partial charge in [0, 0.05) is 6.61 Å². The van der Waals surface area contributed by atoms with E-state index in [1.807, 2.05) is 13.0 Å². The first-order valence-corrected chi connectivity index (χ1v) is 7.36. The third-order valence-corrected chi connectivity index (χ3v) is 2.94. The molecule has 2 nitrogen and oxygen atoms in total. The molecule has 0 saturated carbocycles. The predicted octanol–water partition coefficient (Wildman–Crippen LogP) is 4.29. The number of hydrogen-bond donors (Lipinski definition) is 0. The molecule has 0 N–H and O–H groups in total. The summed E-state index contributed by atoms with van der Waals surface area (Å²) < 4.78 is 11.2. The van der Waals surface area contributed by atoms with E-state index in [9.17, 15) is 0 Å². The molecule has 3 heteroatoms. The van der Waals surface area contributed by atoms with Crippen LogP contribution in [0, 0.1) is 0 Å². The number of hydrogen-bond acceptors (Lipinski definition) is 2. The highest BCUT2D eigenvalue weighted by atomic mass is 79.9. The van der Waals surface area contributed by atoms with Crippen molar-refractivity contribution in [2.24, 2.45) is 0 Å². The van der Waals surface area contributed by atoms with Crippen LogP contribution in [0.15, 0.2) is 12.7 Å². The molecule has 0 heterocycles. The number of ether oxygens (including phenoxy) is 2. The first-order chi connectivity index (χ1) is 7.78. The van der Waals surface area contributed by atoms with Crippen LogP contribution < -0.4 is 0 Å². The second kappa shape index (κ2) is 11.6. The van der Waals surface area contributed by atoms with Gasteiger partial charge >= 0.3 is 0 Å². The molecule has 0 saturated heterocycles. The molecule has 2 atom stereocenters. The minimum absolute atomic E-state index is 0.117. The maximum absolute atomic E-state index is 5.78. The molecule has 0 radical (unpaired) electrons.